The molecule has 0 aromatic heterocycles. The highest BCUT2D eigenvalue weighted by Crippen LogP contribution is 2.37. The number of hydrogen-bond donors (Lipinski definition) is 2. The van der Waals surface area contributed by atoms with Gasteiger partial charge in [-0.1, -0.05) is 29.8 Å². The first-order chi connectivity index (χ1) is 16.5. The molecule has 0 aliphatic heterocycles. The Hall–Kier alpha value is -3.03. The number of anilines is 1. The van der Waals surface area contributed by atoms with Gasteiger partial charge in [0.05, 0.1) is 18.2 Å². The van der Waals surface area contributed by atoms with E-state index in [4.69, 9.17) is 14.2 Å². The first-order valence-corrected chi connectivity index (χ1v) is 12.1. The van der Waals surface area contributed by atoms with E-state index in [1.54, 1.807) is 7.11 Å². The van der Waals surface area contributed by atoms with Crippen LogP contribution < -0.4 is 24.8 Å². The molecule has 0 unspecified atom stereocenters. The van der Waals surface area contributed by atoms with Crippen molar-refractivity contribution in [2.24, 2.45) is 0 Å². The monoisotopic (exact) mass is 526 g/mol. The molecular formula is C27H31BrN2O4. The van der Waals surface area contributed by atoms with Gasteiger partial charge in [0, 0.05) is 12.2 Å². The Morgan fingerprint density at radius 2 is 1.71 bits per heavy atom. The van der Waals surface area contributed by atoms with Crippen molar-refractivity contribution in [3.8, 4) is 17.2 Å². The largest absolute Gasteiger partial charge is 0.497 e. The van der Waals surface area contributed by atoms with Crippen LogP contribution in [0.15, 0.2) is 65.1 Å². The summed E-state index contributed by atoms with van der Waals surface area (Å²) in [5.74, 6) is 1.75. The third-order valence-corrected chi connectivity index (χ3v) is 5.72. The van der Waals surface area contributed by atoms with Crippen LogP contribution in [0, 0.1) is 6.92 Å². The summed E-state index contributed by atoms with van der Waals surface area (Å²) in [5.41, 5.74) is 4.17. The van der Waals surface area contributed by atoms with Gasteiger partial charge in [0.1, 0.15) is 5.75 Å². The highest BCUT2D eigenvalue weighted by Gasteiger charge is 2.14. The van der Waals surface area contributed by atoms with Crippen LogP contribution in [0.4, 0.5) is 5.69 Å². The van der Waals surface area contributed by atoms with Crippen LogP contribution in [-0.2, 0) is 17.8 Å². The van der Waals surface area contributed by atoms with Gasteiger partial charge in [0.15, 0.2) is 18.1 Å². The van der Waals surface area contributed by atoms with E-state index >= 15 is 0 Å². The Bertz CT molecular complexity index is 1070. The third kappa shape index (κ3) is 7.78. The first-order valence-electron chi connectivity index (χ1n) is 11.3. The zero-order chi connectivity index (χ0) is 24.3. The van der Waals surface area contributed by atoms with Crippen LogP contribution in [0.3, 0.4) is 0 Å². The fourth-order valence-corrected chi connectivity index (χ4v) is 3.96. The van der Waals surface area contributed by atoms with Gasteiger partial charge in [-0.05, 0) is 90.3 Å². The molecule has 0 bridgehead atoms. The lowest BCUT2D eigenvalue weighted by atomic mass is 10.1. The number of halogens is 1. The van der Waals surface area contributed by atoms with Crippen molar-refractivity contribution >= 4 is 27.5 Å². The number of benzene rings is 3. The highest BCUT2D eigenvalue weighted by atomic mass is 79.9. The molecule has 0 saturated carbocycles. The molecule has 6 nitrogen and oxygen atoms in total. The van der Waals surface area contributed by atoms with Gasteiger partial charge < -0.3 is 24.8 Å². The Labute approximate surface area is 209 Å². The van der Waals surface area contributed by atoms with E-state index in [0.717, 1.165) is 40.0 Å². The second kappa shape index (κ2) is 13.0. The molecule has 2 N–H and O–H groups in total. The van der Waals surface area contributed by atoms with Crippen molar-refractivity contribution in [3.63, 3.8) is 0 Å². The van der Waals surface area contributed by atoms with Crippen molar-refractivity contribution in [3.05, 3.63) is 81.8 Å². The molecule has 0 spiro atoms. The molecule has 0 atom stereocenters. The summed E-state index contributed by atoms with van der Waals surface area (Å²) in [7, 11) is 1.67. The quantitative estimate of drug-likeness (QED) is 0.304. The van der Waals surface area contributed by atoms with Crippen molar-refractivity contribution < 1.29 is 19.0 Å². The normalized spacial score (nSPS) is 10.6. The van der Waals surface area contributed by atoms with E-state index in [-0.39, 0.29) is 12.5 Å². The van der Waals surface area contributed by atoms with Crippen LogP contribution in [0.1, 0.15) is 23.6 Å². The Kier molecular flexibility index (Phi) is 9.79. The van der Waals surface area contributed by atoms with E-state index in [1.807, 2.05) is 62.4 Å². The minimum absolute atomic E-state index is 0.119. The summed E-state index contributed by atoms with van der Waals surface area (Å²) in [6.45, 7) is 5.82. The van der Waals surface area contributed by atoms with Gasteiger partial charge in [0.25, 0.3) is 5.91 Å². The van der Waals surface area contributed by atoms with Crippen molar-refractivity contribution in [1.29, 1.82) is 0 Å². The number of nitrogens with one attached hydrogen (secondary N) is 2. The molecule has 0 aliphatic rings. The minimum Gasteiger partial charge on any atom is -0.497 e. The summed E-state index contributed by atoms with van der Waals surface area (Å²) in [5, 5.41) is 6.30. The lowest BCUT2D eigenvalue weighted by Gasteiger charge is -2.16. The fourth-order valence-electron chi connectivity index (χ4n) is 3.36. The SMILES string of the molecule is CCOc1cc(CNCCc2ccc(OC)cc2)cc(Br)c1OCC(=O)Nc1ccc(C)cc1. The van der Waals surface area contributed by atoms with Crippen molar-refractivity contribution in [1.82, 2.24) is 5.32 Å². The molecule has 7 heteroatoms. The van der Waals surface area contributed by atoms with E-state index in [0.29, 0.717) is 24.7 Å². The number of aryl methyl sites for hydroxylation is 1. The summed E-state index contributed by atoms with van der Waals surface area (Å²) >= 11 is 3.58. The van der Waals surface area contributed by atoms with Crippen molar-refractivity contribution in [2.45, 2.75) is 26.8 Å². The van der Waals surface area contributed by atoms with Crippen LogP contribution in [0.5, 0.6) is 17.2 Å². The number of carbonyl (C=O) groups excluding carboxylic acids is 1. The lowest BCUT2D eigenvalue weighted by molar-refractivity contribution is -0.118. The van der Waals surface area contributed by atoms with E-state index in [1.165, 1.54) is 5.56 Å². The summed E-state index contributed by atoms with van der Waals surface area (Å²) < 4.78 is 17.6. The number of amides is 1. The van der Waals surface area contributed by atoms with E-state index in [9.17, 15) is 4.79 Å². The average Bonchev–Trinajstić information content (AvgIpc) is 2.83. The molecule has 0 saturated heterocycles. The smallest absolute Gasteiger partial charge is 0.262 e. The lowest BCUT2D eigenvalue weighted by Crippen LogP contribution is -2.20. The minimum atomic E-state index is -0.234. The molecule has 3 aromatic carbocycles. The van der Waals surface area contributed by atoms with Gasteiger partial charge in [-0.25, -0.2) is 0 Å². The predicted molar refractivity (Wildman–Crippen MR) is 139 cm³/mol. The molecule has 3 rings (SSSR count). The zero-order valence-electron chi connectivity index (χ0n) is 19.8. The maximum atomic E-state index is 12.3. The molecule has 1 amide bonds. The summed E-state index contributed by atoms with van der Waals surface area (Å²) in [6.07, 6.45) is 0.917. The highest BCUT2D eigenvalue weighted by molar-refractivity contribution is 9.10. The topological polar surface area (TPSA) is 68.8 Å². The third-order valence-electron chi connectivity index (χ3n) is 5.13. The van der Waals surface area contributed by atoms with Gasteiger partial charge in [-0.3, -0.25) is 4.79 Å². The van der Waals surface area contributed by atoms with Crippen LogP contribution in [0.2, 0.25) is 0 Å². The zero-order valence-corrected chi connectivity index (χ0v) is 21.4. The van der Waals surface area contributed by atoms with Gasteiger partial charge in [-0.15, -0.1) is 0 Å². The summed E-state index contributed by atoms with van der Waals surface area (Å²) in [6, 6.07) is 19.7. The molecule has 3 aromatic rings. The van der Waals surface area contributed by atoms with Gasteiger partial charge in [-0.2, -0.15) is 0 Å². The Morgan fingerprint density at radius 3 is 2.38 bits per heavy atom. The standard InChI is InChI=1S/C27H31BrN2O4/c1-4-33-25-16-21(17-29-14-13-20-7-11-23(32-3)12-8-20)15-24(28)27(25)34-18-26(31)30-22-9-5-19(2)6-10-22/h5-12,15-16,29H,4,13-14,17-18H2,1-3H3,(H,30,31). The number of rotatable bonds is 12. The van der Waals surface area contributed by atoms with Crippen molar-refractivity contribution in [2.75, 3.05) is 32.2 Å². The van der Waals surface area contributed by atoms with E-state index in [2.05, 4.69) is 38.7 Å². The molecule has 0 heterocycles. The molecular weight excluding hydrogens is 496 g/mol. The van der Waals surface area contributed by atoms with Crippen LogP contribution in [0.25, 0.3) is 0 Å². The average molecular weight is 527 g/mol. The molecule has 0 fully saturated rings. The number of ether oxygens (including phenoxy) is 3. The molecule has 0 aliphatic carbocycles. The molecule has 0 radical (unpaired) electrons. The maximum absolute atomic E-state index is 12.3. The van der Waals surface area contributed by atoms with Crippen LogP contribution >= 0.6 is 15.9 Å². The predicted octanol–water partition coefficient (Wildman–Crippen LogP) is 5.51. The second-order valence-electron chi connectivity index (χ2n) is 7.82. The molecule has 34 heavy (non-hydrogen) atoms. The Balaban J connectivity index is 1.54. The number of methoxy groups -OCH3 is 1. The van der Waals surface area contributed by atoms with E-state index < -0.39 is 0 Å². The van der Waals surface area contributed by atoms with Gasteiger partial charge in [0.2, 0.25) is 0 Å². The molecule has 180 valence electrons. The first kappa shape index (κ1) is 25.6. The van der Waals surface area contributed by atoms with Crippen LogP contribution in [-0.4, -0.2) is 32.8 Å². The Morgan fingerprint density at radius 1 is 0.971 bits per heavy atom. The maximum Gasteiger partial charge on any atom is 0.262 e. The second-order valence-corrected chi connectivity index (χ2v) is 8.67. The number of hydrogen-bond acceptors (Lipinski definition) is 5. The summed E-state index contributed by atoms with van der Waals surface area (Å²) in [4.78, 5) is 12.3. The number of carbonyl (C=O) groups is 1. The fraction of sp³-hybridized carbons (Fsp3) is 0.296. The van der Waals surface area contributed by atoms with Gasteiger partial charge >= 0.3 is 0 Å².